The largest absolute Gasteiger partial charge is 0.396 e. The topological polar surface area (TPSA) is 62.2 Å². The number of aliphatic hydroxyl groups excluding tert-OH is 1. The van der Waals surface area contributed by atoms with Crippen LogP contribution < -0.4 is 5.32 Å². The smallest absolute Gasteiger partial charge is 0.224 e. The molecule has 0 radical (unpaired) electrons. The minimum atomic E-state index is 0.0178. The van der Waals surface area contributed by atoms with Crippen LogP contribution in [0, 0.1) is 5.92 Å². The molecule has 1 atom stereocenters. The van der Waals surface area contributed by atoms with Crippen molar-refractivity contribution < 1.29 is 9.90 Å². The van der Waals surface area contributed by atoms with Gasteiger partial charge in [-0.2, -0.15) is 0 Å². The van der Waals surface area contributed by atoms with Crippen molar-refractivity contribution in [2.24, 2.45) is 5.92 Å². The lowest BCUT2D eigenvalue weighted by Crippen LogP contribution is -2.32. The highest BCUT2D eigenvalue weighted by atomic mass is 16.3. The zero-order valence-corrected chi connectivity index (χ0v) is 12.4. The lowest BCUT2D eigenvalue weighted by Gasteiger charge is -2.16. The van der Waals surface area contributed by atoms with Crippen LogP contribution in [0.1, 0.15) is 37.8 Å². The summed E-state index contributed by atoms with van der Waals surface area (Å²) in [5, 5.41) is 12.4. The van der Waals surface area contributed by atoms with E-state index in [4.69, 9.17) is 0 Å². The van der Waals surface area contributed by atoms with E-state index in [9.17, 15) is 9.90 Å². The van der Waals surface area contributed by atoms with Gasteiger partial charge in [-0.1, -0.05) is 17.7 Å². The summed E-state index contributed by atoms with van der Waals surface area (Å²) in [6.07, 6.45) is 9.70. The van der Waals surface area contributed by atoms with Crippen molar-refractivity contribution in [3.8, 4) is 0 Å². The molecule has 0 bridgehead atoms. The van der Waals surface area contributed by atoms with Gasteiger partial charge in [0.2, 0.25) is 5.91 Å². The minimum Gasteiger partial charge on any atom is -0.396 e. The molecule has 1 aromatic heterocycles. The summed E-state index contributed by atoms with van der Waals surface area (Å²) in [7, 11) is 0. The second-order valence-electron chi connectivity index (χ2n) is 5.66. The highest BCUT2D eigenvalue weighted by Crippen LogP contribution is 2.19. The van der Waals surface area contributed by atoms with Gasteiger partial charge in [0.1, 0.15) is 0 Å². The number of aliphatic hydroxyl groups is 1. The molecular weight excluding hydrogens is 264 g/mol. The van der Waals surface area contributed by atoms with Crippen LogP contribution in [0.2, 0.25) is 0 Å². The molecule has 114 valence electrons. The molecule has 0 fully saturated rings. The van der Waals surface area contributed by atoms with Gasteiger partial charge in [0, 0.05) is 37.4 Å². The van der Waals surface area contributed by atoms with Gasteiger partial charge in [-0.15, -0.1) is 0 Å². The first-order chi connectivity index (χ1) is 10.3. The molecule has 1 aliphatic rings. The normalized spacial score (nSPS) is 16.1. The van der Waals surface area contributed by atoms with E-state index in [2.05, 4.69) is 16.4 Å². The molecule has 1 unspecified atom stereocenters. The van der Waals surface area contributed by atoms with Gasteiger partial charge in [-0.05, 0) is 44.2 Å². The van der Waals surface area contributed by atoms with Crippen LogP contribution in [-0.4, -0.2) is 29.1 Å². The van der Waals surface area contributed by atoms with Crippen LogP contribution in [0.5, 0.6) is 0 Å². The molecule has 2 N–H and O–H groups in total. The number of carbonyl (C=O) groups excluding carboxylic acids is 1. The molecule has 1 heterocycles. The fraction of sp³-hybridized carbons (Fsp3) is 0.529. The van der Waals surface area contributed by atoms with E-state index in [-0.39, 0.29) is 18.4 Å². The maximum atomic E-state index is 11.9. The van der Waals surface area contributed by atoms with Gasteiger partial charge in [-0.25, -0.2) is 0 Å². The summed E-state index contributed by atoms with van der Waals surface area (Å²) in [4.78, 5) is 16.2. The van der Waals surface area contributed by atoms with Crippen molar-refractivity contribution >= 4 is 5.91 Å². The Kier molecular flexibility index (Phi) is 6.41. The SMILES string of the molecule is O=C(CC1=CCCCC1)NCC(CO)Cc1ccccn1. The zero-order chi connectivity index (χ0) is 14.9. The van der Waals surface area contributed by atoms with Crippen molar-refractivity contribution in [1.29, 1.82) is 0 Å². The summed E-state index contributed by atoms with van der Waals surface area (Å²) < 4.78 is 0. The van der Waals surface area contributed by atoms with Crippen LogP contribution in [0.3, 0.4) is 0 Å². The lowest BCUT2D eigenvalue weighted by molar-refractivity contribution is -0.120. The van der Waals surface area contributed by atoms with Crippen molar-refractivity contribution in [3.63, 3.8) is 0 Å². The Morgan fingerprint density at radius 1 is 1.38 bits per heavy atom. The second-order valence-corrected chi connectivity index (χ2v) is 5.66. The van der Waals surface area contributed by atoms with E-state index >= 15 is 0 Å². The third kappa shape index (κ3) is 5.68. The van der Waals surface area contributed by atoms with E-state index in [1.165, 1.54) is 18.4 Å². The highest BCUT2D eigenvalue weighted by molar-refractivity contribution is 5.78. The minimum absolute atomic E-state index is 0.0178. The summed E-state index contributed by atoms with van der Waals surface area (Å²) in [6, 6.07) is 5.75. The fourth-order valence-electron chi connectivity index (χ4n) is 2.61. The van der Waals surface area contributed by atoms with Gasteiger partial charge in [0.05, 0.1) is 0 Å². The van der Waals surface area contributed by atoms with Gasteiger partial charge in [0.25, 0.3) is 0 Å². The van der Waals surface area contributed by atoms with Crippen LogP contribution >= 0.6 is 0 Å². The summed E-state index contributed by atoms with van der Waals surface area (Å²) in [6.45, 7) is 0.554. The molecule has 21 heavy (non-hydrogen) atoms. The van der Waals surface area contributed by atoms with E-state index in [1.807, 2.05) is 18.2 Å². The van der Waals surface area contributed by atoms with Gasteiger partial charge < -0.3 is 10.4 Å². The number of allylic oxidation sites excluding steroid dienone is 1. The number of carbonyl (C=O) groups is 1. The Bertz CT molecular complexity index is 471. The van der Waals surface area contributed by atoms with Crippen LogP contribution in [0.15, 0.2) is 36.0 Å². The average molecular weight is 288 g/mol. The van der Waals surface area contributed by atoms with Crippen molar-refractivity contribution in [2.45, 2.75) is 38.5 Å². The average Bonchev–Trinajstić information content (AvgIpc) is 2.53. The molecule has 0 aromatic carbocycles. The maximum absolute atomic E-state index is 11.9. The highest BCUT2D eigenvalue weighted by Gasteiger charge is 2.13. The van der Waals surface area contributed by atoms with E-state index in [1.54, 1.807) is 6.20 Å². The third-order valence-electron chi connectivity index (χ3n) is 3.84. The van der Waals surface area contributed by atoms with Gasteiger partial charge >= 0.3 is 0 Å². The number of nitrogens with zero attached hydrogens (tertiary/aromatic N) is 1. The molecule has 0 saturated heterocycles. The number of nitrogens with one attached hydrogen (secondary N) is 1. The maximum Gasteiger partial charge on any atom is 0.224 e. The summed E-state index contributed by atoms with van der Waals surface area (Å²) in [5.74, 6) is 0.0757. The number of hydrogen-bond acceptors (Lipinski definition) is 3. The lowest BCUT2D eigenvalue weighted by atomic mass is 9.97. The zero-order valence-electron chi connectivity index (χ0n) is 12.4. The predicted molar refractivity (Wildman–Crippen MR) is 82.7 cm³/mol. The molecule has 0 aliphatic heterocycles. The second kappa shape index (κ2) is 8.57. The van der Waals surface area contributed by atoms with E-state index in [0.717, 1.165) is 18.5 Å². The fourth-order valence-corrected chi connectivity index (χ4v) is 2.61. The van der Waals surface area contributed by atoms with Crippen LogP contribution in [0.25, 0.3) is 0 Å². The Morgan fingerprint density at radius 3 is 2.95 bits per heavy atom. The first-order valence-corrected chi connectivity index (χ1v) is 7.73. The number of amides is 1. The molecule has 0 spiro atoms. The first-order valence-electron chi connectivity index (χ1n) is 7.73. The number of aromatic nitrogens is 1. The Balaban J connectivity index is 1.74. The Morgan fingerprint density at radius 2 is 2.29 bits per heavy atom. The van der Waals surface area contributed by atoms with Crippen LogP contribution in [-0.2, 0) is 11.2 Å². The molecule has 0 saturated carbocycles. The third-order valence-corrected chi connectivity index (χ3v) is 3.84. The Labute approximate surface area is 126 Å². The van der Waals surface area contributed by atoms with Gasteiger partial charge in [0.15, 0.2) is 0 Å². The Hall–Kier alpha value is -1.68. The number of pyridine rings is 1. The quantitative estimate of drug-likeness (QED) is 0.756. The standard InChI is InChI=1S/C17H24N2O2/c20-13-15(10-16-8-4-5-9-18-16)12-19-17(21)11-14-6-2-1-3-7-14/h4-6,8-9,15,20H,1-3,7,10-13H2,(H,19,21). The molecule has 2 rings (SSSR count). The van der Waals surface area contributed by atoms with Crippen LogP contribution in [0.4, 0.5) is 0 Å². The van der Waals surface area contributed by atoms with Crippen molar-refractivity contribution in [2.75, 3.05) is 13.2 Å². The monoisotopic (exact) mass is 288 g/mol. The number of rotatable bonds is 7. The molecular formula is C17H24N2O2. The molecule has 4 nitrogen and oxygen atoms in total. The molecule has 1 aromatic rings. The first kappa shape index (κ1) is 15.7. The summed E-state index contributed by atoms with van der Waals surface area (Å²) in [5.41, 5.74) is 2.20. The summed E-state index contributed by atoms with van der Waals surface area (Å²) >= 11 is 0. The molecule has 4 heteroatoms. The van der Waals surface area contributed by atoms with Crippen molar-refractivity contribution in [3.05, 3.63) is 41.7 Å². The predicted octanol–water partition coefficient (Wildman–Crippen LogP) is 2.24. The van der Waals surface area contributed by atoms with Crippen molar-refractivity contribution in [1.82, 2.24) is 10.3 Å². The van der Waals surface area contributed by atoms with E-state index in [0.29, 0.717) is 19.4 Å². The molecule has 1 aliphatic carbocycles. The number of hydrogen-bond donors (Lipinski definition) is 2. The van der Waals surface area contributed by atoms with E-state index < -0.39 is 0 Å². The van der Waals surface area contributed by atoms with Gasteiger partial charge in [-0.3, -0.25) is 9.78 Å². The molecule has 1 amide bonds.